The second-order valence-corrected chi connectivity index (χ2v) is 7.64. The summed E-state index contributed by atoms with van der Waals surface area (Å²) in [5.74, 6) is 0. The zero-order valence-corrected chi connectivity index (χ0v) is 19.5. The molecule has 4 atom stereocenters. The van der Waals surface area contributed by atoms with E-state index in [-0.39, 0.29) is 77.0 Å². The molecule has 0 fully saturated rings. The minimum absolute atomic E-state index is 0.131. The van der Waals surface area contributed by atoms with Crippen LogP contribution in [0.1, 0.15) is 27.7 Å². The maximum atomic E-state index is 8.53. The average molecular weight is 469 g/mol. The first-order valence-electron chi connectivity index (χ1n) is 10.3. The molecule has 16 heteroatoms. The summed E-state index contributed by atoms with van der Waals surface area (Å²) in [4.78, 5) is 10.9. The summed E-state index contributed by atoms with van der Waals surface area (Å²) >= 11 is 0. The van der Waals surface area contributed by atoms with E-state index in [2.05, 4.69) is 40.1 Å². The Balaban J connectivity index is 5.57. The lowest BCUT2D eigenvalue weighted by Crippen LogP contribution is -2.45. The predicted molar refractivity (Wildman–Crippen MR) is 120 cm³/mol. The molecule has 0 amide bonds. The van der Waals surface area contributed by atoms with E-state index in [4.69, 9.17) is 41.1 Å². The van der Waals surface area contributed by atoms with Gasteiger partial charge < -0.3 is 18.9 Å². The van der Waals surface area contributed by atoms with Crippen molar-refractivity contribution in [3.05, 3.63) is 41.8 Å². The Kier molecular flexibility index (Phi) is 17.0. The second-order valence-electron chi connectivity index (χ2n) is 7.64. The van der Waals surface area contributed by atoms with Gasteiger partial charge in [0.25, 0.3) is 0 Å². The molecule has 0 rings (SSSR count). The van der Waals surface area contributed by atoms with Crippen molar-refractivity contribution in [2.45, 2.75) is 52.1 Å². The maximum absolute atomic E-state index is 8.53. The van der Waals surface area contributed by atoms with Crippen LogP contribution >= 0.6 is 0 Å². The highest BCUT2D eigenvalue weighted by atomic mass is 16.5. The molecule has 0 saturated carbocycles. The van der Waals surface area contributed by atoms with Crippen molar-refractivity contribution in [2.75, 3.05) is 52.6 Å². The third-order valence-electron chi connectivity index (χ3n) is 4.30. The fraction of sp³-hybridized carbons (Fsp3) is 1.00. The van der Waals surface area contributed by atoms with Crippen LogP contribution in [0, 0.1) is 5.41 Å². The van der Waals surface area contributed by atoms with E-state index in [0.29, 0.717) is 0 Å². The fourth-order valence-electron chi connectivity index (χ4n) is 2.34. The molecule has 0 spiro atoms. The molecule has 0 aliphatic rings. The molecular formula is C17H32N12O4. The van der Waals surface area contributed by atoms with Crippen molar-refractivity contribution in [1.82, 2.24) is 0 Å². The highest BCUT2D eigenvalue weighted by Gasteiger charge is 2.35. The van der Waals surface area contributed by atoms with Crippen molar-refractivity contribution in [2.24, 2.45) is 25.9 Å². The largest absolute Gasteiger partial charge is 0.378 e. The van der Waals surface area contributed by atoms with Gasteiger partial charge in [-0.2, -0.15) is 0 Å². The van der Waals surface area contributed by atoms with Crippen molar-refractivity contribution in [3.63, 3.8) is 0 Å². The second kappa shape index (κ2) is 18.6. The monoisotopic (exact) mass is 468 g/mol. The summed E-state index contributed by atoms with van der Waals surface area (Å²) in [5.41, 5.74) is 33.3. The number of ether oxygens (including phenoxy) is 4. The van der Waals surface area contributed by atoms with Crippen LogP contribution in [0.2, 0.25) is 0 Å². The first-order chi connectivity index (χ1) is 15.8. The Morgan fingerprint density at radius 2 is 0.727 bits per heavy atom. The van der Waals surface area contributed by atoms with E-state index in [0.717, 1.165) is 0 Å². The van der Waals surface area contributed by atoms with Crippen LogP contribution < -0.4 is 0 Å². The molecule has 0 saturated heterocycles. The van der Waals surface area contributed by atoms with Crippen LogP contribution in [0.25, 0.3) is 41.8 Å². The van der Waals surface area contributed by atoms with Crippen LogP contribution in [-0.4, -0.2) is 77.0 Å². The predicted octanol–water partition coefficient (Wildman–Crippen LogP) is 4.83. The molecule has 184 valence electrons. The first-order valence-corrected chi connectivity index (χ1v) is 10.3. The molecule has 33 heavy (non-hydrogen) atoms. The fourth-order valence-corrected chi connectivity index (χ4v) is 2.34. The van der Waals surface area contributed by atoms with Gasteiger partial charge in [-0.1, -0.05) is 20.5 Å². The molecule has 4 unspecified atom stereocenters. The van der Waals surface area contributed by atoms with Gasteiger partial charge in [0.05, 0.1) is 82.4 Å². The lowest BCUT2D eigenvalue weighted by molar-refractivity contribution is -0.139. The van der Waals surface area contributed by atoms with E-state index < -0.39 is 5.41 Å². The molecule has 0 heterocycles. The summed E-state index contributed by atoms with van der Waals surface area (Å²) in [6.07, 6.45) is -1.49. The smallest absolute Gasteiger partial charge is 0.0638 e. The maximum Gasteiger partial charge on any atom is 0.0638 e. The molecule has 16 nitrogen and oxygen atoms in total. The molecule has 0 N–H and O–H groups in total. The van der Waals surface area contributed by atoms with Crippen LogP contribution in [0.4, 0.5) is 0 Å². The molecular weight excluding hydrogens is 436 g/mol. The number of hydrogen-bond donors (Lipinski definition) is 0. The summed E-state index contributed by atoms with van der Waals surface area (Å²) in [6.45, 7) is 8.15. The average Bonchev–Trinajstić information content (AvgIpc) is 2.82. The van der Waals surface area contributed by atoms with Gasteiger partial charge in [0, 0.05) is 19.6 Å². The van der Waals surface area contributed by atoms with E-state index in [1.165, 1.54) is 0 Å². The van der Waals surface area contributed by atoms with E-state index in [1.807, 2.05) is 0 Å². The van der Waals surface area contributed by atoms with E-state index in [9.17, 15) is 0 Å². The number of nitrogens with zero attached hydrogens (tertiary/aromatic N) is 12. The Morgan fingerprint density at radius 1 is 0.515 bits per heavy atom. The molecule has 0 aromatic carbocycles. The highest BCUT2D eigenvalue weighted by molar-refractivity contribution is 4.82. The van der Waals surface area contributed by atoms with Crippen LogP contribution in [0.15, 0.2) is 20.5 Å². The summed E-state index contributed by atoms with van der Waals surface area (Å²) in [6, 6.07) is 0. The molecule has 0 radical (unpaired) electrons. The lowest BCUT2D eigenvalue weighted by atomic mass is 9.91. The van der Waals surface area contributed by atoms with Gasteiger partial charge in [-0.05, 0) is 49.8 Å². The SMILES string of the molecule is CC(CN=[N+]=[N-])OCC(COC(C)CN=[N+]=[N-])(COC(C)CN=[N+]=[N-])COC(C)CN=[N+]=[N-]. The van der Waals surface area contributed by atoms with Gasteiger partial charge in [0.1, 0.15) is 0 Å². The normalized spacial score (nSPS) is 15.9. The number of azide groups is 4. The topological polar surface area (TPSA) is 232 Å². The Bertz CT molecular complexity index is 617. The zero-order chi connectivity index (χ0) is 25.0. The summed E-state index contributed by atoms with van der Waals surface area (Å²) in [5, 5.41) is 14.1. The number of rotatable bonds is 20. The highest BCUT2D eigenvalue weighted by Crippen LogP contribution is 2.24. The summed E-state index contributed by atoms with van der Waals surface area (Å²) < 4.78 is 23.6. The molecule has 0 aromatic heterocycles. The third-order valence-corrected chi connectivity index (χ3v) is 4.30. The minimum atomic E-state index is -0.815. The van der Waals surface area contributed by atoms with Crippen molar-refractivity contribution in [3.8, 4) is 0 Å². The van der Waals surface area contributed by atoms with E-state index >= 15 is 0 Å². The van der Waals surface area contributed by atoms with Crippen molar-refractivity contribution >= 4 is 0 Å². The van der Waals surface area contributed by atoms with Gasteiger partial charge in [0.2, 0.25) is 0 Å². The van der Waals surface area contributed by atoms with Gasteiger partial charge in [-0.25, -0.2) is 0 Å². The standard InChI is InChI=1S/C17H32N12O4/c1-13(5-22-26-18)30-9-17(10-31-14(2)6-23-27-19,11-32-15(3)7-24-28-20)12-33-16(4)8-25-29-21/h13-16H,5-12H2,1-4H3. The van der Waals surface area contributed by atoms with Crippen LogP contribution in [-0.2, 0) is 18.9 Å². The quantitative estimate of drug-likeness (QED) is 0.138. The Hall–Kier alpha value is -2.92. The number of hydrogen-bond acceptors (Lipinski definition) is 8. The van der Waals surface area contributed by atoms with Crippen molar-refractivity contribution < 1.29 is 18.9 Å². The third kappa shape index (κ3) is 15.5. The minimum Gasteiger partial charge on any atom is -0.378 e. The zero-order valence-electron chi connectivity index (χ0n) is 19.5. The van der Waals surface area contributed by atoms with Crippen LogP contribution in [0.3, 0.4) is 0 Å². The van der Waals surface area contributed by atoms with Crippen LogP contribution in [0.5, 0.6) is 0 Å². The first kappa shape index (κ1) is 30.1. The summed E-state index contributed by atoms with van der Waals surface area (Å²) in [7, 11) is 0. The van der Waals surface area contributed by atoms with Crippen molar-refractivity contribution in [1.29, 1.82) is 0 Å². The van der Waals surface area contributed by atoms with Gasteiger partial charge in [0.15, 0.2) is 0 Å². The molecule has 0 aliphatic heterocycles. The Labute approximate surface area is 192 Å². The lowest BCUT2D eigenvalue weighted by Gasteiger charge is -2.36. The van der Waals surface area contributed by atoms with Gasteiger partial charge in [-0.3, -0.25) is 0 Å². The molecule has 0 bridgehead atoms. The van der Waals surface area contributed by atoms with Gasteiger partial charge >= 0.3 is 0 Å². The molecule has 0 aromatic rings. The van der Waals surface area contributed by atoms with Gasteiger partial charge in [-0.15, -0.1) is 0 Å². The Morgan fingerprint density at radius 3 is 0.909 bits per heavy atom. The molecule has 0 aliphatic carbocycles. The van der Waals surface area contributed by atoms with E-state index in [1.54, 1.807) is 27.7 Å².